The molecule has 2 unspecified atom stereocenters. The second-order valence-corrected chi connectivity index (χ2v) is 5.20. The Bertz CT molecular complexity index is 391. The van der Waals surface area contributed by atoms with Gasteiger partial charge in [-0.1, -0.05) is 37.3 Å². The van der Waals surface area contributed by atoms with Gasteiger partial charge in [0.25, 0.3) is 0 Å². The Hall–Kier alpha value is -1.35. The minimum Gasteiger partial charge on any atom is -0.336 e. The Morgan fingerprint density at radius 3 is 2.83 bits per heavy atom. The maximum absolute atomic E-state index is 12.3. The standard InChI is InChI=1S/C15H22N2O/c1-12(11-16)10-15(18)17-9-5-8-14(17)13-6-3-2-4-7-13/h2-4,6-7,12,14H,5,8-11,16H2,1H3. The molecule has 1 fully saturated rings. The van der Waals surface area contributed by atoms with E-state index in [-0.39, 0.29) is 17.9 Å². The van der Waals surface area contributed by atoms with Crippen LogP contribution in [0.25, 0.3) is 0 Å². The van der Waals surface area contributed by atoms with Crippen molar-refractivity contribution in [1.82, 2.24) is 4.90 Å². The molecule has 3 heteroatoms. The number of rotatable bonds is 4. The van der Waals surface area contributed by atoms with Crippen LogP contribution in [0.5, 0.6) is 0 Å². The van der Waals surface area contributed by atoms with Crippen LogP contribution in [0.1, 0.15) is 37.8 Å². The summed E-state index contributed by atoms with van der Waals surface area (Å²) in [5.74, 6) is 0.522. The molecule has 1 amide bonds. The van der Waals surface area contributed by atoms with Gasteiger partial charge in [0, 0.05) is 13.0 Å². The van der Waals surface area contributed by atoms with Gasteiger partial charge in [-0.3, -0.25) is 4.79 Å². The molecule has 1 aromatic rings. The first-order chi connectivity index (χ1) is 8.72. The summed E-state index contributed by atoms with van der Waals surface area (Å²) in [6, 6.07) is 10.6. The van der Waals surface area contributed by atoms with Gasteiger partial charge in [-0.05, 0) is 30.9 Å². The van der Waals surface area contributed by atoms with Crippen LogP contribution in [0.3, 0.4) is 0 Å². The smallest absolute Gasteiger partial charge is 0.223 e. The first-order valence-electron chi connectivity index (χ1n) is 6.77. The summed E-state index contributed by atoms with van der Waals surface area (Å²) < 4.78 is 0. The number of carbonyl (C=O) groups is 1. The predicted molar refractivity (Wildman–Crippen MR) is 73.0 cm³/mol. The van der Waals surface area contributed by atoms with E-state index in [0.717, 1.165) is 19.4 Å². The summed E-state index contributed by atoms with van der Waals surface area (Å²) >= 11 is 0. The van der Waals surface area contributed by atoms with E-state index in [4.69, 9.17) is 5.73 Å². The molecule has 0 radical (unpaired) electrons. The molecule has 18 heavy (non-hydrogen) atoms. The summed E-state index contributed by atoms with van der Waals surface area (Å²) in [5.41, 5.74) is 6.85. The Morgan fingerprint density at radius 1 is 1.44 bits per heavy atom. The second-order valence-electron chi connectivity index (χ2n) is 5.20. The third-order valence-electron chi connectivity index (χ3n) is 3.68. The Balaban J connectivity index is 2.06. The molecule has 2 N–H and O–H groups in total. The lowest BCUT2D eigenvalue weighted by molar-refractivity contribution is -0.133. The molecule has 1 aromatic carbocycles. The van der Waals surface area contributed by atoms with Gasteiger partial charge in [0.15, 0.2) is 0 Å². The first kappa shape index (κ1) is 13.1. The fourth-order valence-corrected chi connectivity index (χ4v) is 2.59. The van der Waals surface area contributed by atoms with E-state index in [1.807, 2.05) is 30.0 Å². The molecule has 2 rings (SSSR count). The molecule has 0 aromatic heterocycles. The minimum atomic E-state index is 0.249. The van der Waals surface area contributed by atoms with Gasteiger partial charge >= 0.3 is 0 Å². The van der Waals surface area contributed by atoms with Crippen molar-refractivity contribution in [3.8, 4) is 0 Å². The highest BCUT2D eigenvalue weighted by atomic mass is 16.2. The molecule has 1 heterocycles. The molecule has 1 saturated heterocycles. The normalized spacial score (nSPS) is 21.0. The fraction of sp³-hybridized carbons (Fsp3) is 0.533. The summed E-state index contributed by atoms with van der Waals surface area (Å²) in [6.45, 7) is 3.50. The maximum Gasteiger partial charge on any atom is 0.223 e. The maximum atomic E-state index is 12.3. The van der Waals surface area contributed by atoms with E-state index < -0.39 is 0 Å². The van der Waals surface area contributed by atoms with E-state index in [9.17, 15) is 4.79 Å². The Morgan fingerprint density at radius 2 is 2.17 bits per heavy atom. The van der Waals surface area contributed by atoms with Crippen molar-refractivity contribution in [2.45, 2.75) is 32.2 Å². The summed E-state index contributed by atoms with van der Waals surface area (Å²) in [4.78, 5) is 14.3. The zero-order valence-corrected chi connectivity index (χ0v) is 11.0. The lowest BCUT2D eigenvalue weighted by atomic mass is 10.0. The van der Waals surface area contributed by atoms with E-state index in [1.165, 1.54) is 5.56 Å². The van der Waals surface area contributed by atoms with Gasteiger partial charge < -0.3 is 10.6 Å². The van der Waals surface area contributed by atoms with Crippen molar-refractivity contribution in [1.29, 1.82) is 0 Å². The number of nitrogens with two attached hydrogens (primary N) is 1. The van der Waals surface area contributed by atoms with Crippen LogP contribution >= 0.6 is 0 Å². The van der Waals surface area contributed by atoms with Crippen LogP contribution in [0.4, 0.5) is 0 Å². The van der Waals surface area contributed by atoms with E-state index in [1.54, 1.807) is 0 Å². The summed E-state index contributed by atoms with van der Waals surface area (Å²) in [5, 5.41) is 0. The third-order valence-corrected chi connectivity index (χ3v) is 3.68. The molecule has 1 aliphatic rings. The van der Waals surface area contributed by atoms with Crippen molar-refractivity contribution in [3.63, 3.8) is 0 Å². The number of nitrogens with zero attached hydrogens (tertiary/aromatic N) is 1. The van der Waals surface area contributed by atoms with Gasteiger partial charge in [0.1, 0.15) is 0 Å². The van der Waals surface area contributed by atoms with Crippen LogP contribution in [0, 0.1) is 5.92 Å². The van der Waals surface area contributed by atoms with E-state index >= 15 is 0 Å². The average Bonchev–Trinajstić information content (AvgIpc) is 2.88. The van der Waals surface area contributed by atoms with Crippen molar-refractivity contribution in [2.24, 2.45) is 11.7 Å². The molecular formula is C15H22N2O. The molecule has 3 nitrogen and oxygen atoms in total. The number of amides is 1. The Labute approximate surface area is 109 Å². The number of benzene rings is 1. The van der Waals surface area contributed by atoms with Gasteiger partial charge in [0.05, 0.1) is 6.04 Å². The fourth-order valence-electron chi connectivity index (χ4n) is 2.59. The molecular weight excluding hydrogens is 224 g/mol. The van der Waals surface area contributed by atoms with Crippen LogP contribution in [-0.2, 0) is 4.79 Å². The van der Waals surface area contributed by atoms with E-state index in [0.29, 0.717) is 13.0 Å². The molecule has 98 valence electrons. The molecule has 2 atom stereocenters. The zero-order chi connectivity index (χ0) is 13.0. The van der Waals surface area contributed by atoms with Gasteiger partial charge in [-0.25, -0.2) is 0 Å². The second kappa shape index (κ2) is 6.01. The van der Waals surface area contributed by atoms with Crippen LogP contribution < -0.4 is 5.73 Å². The lowest BCUT2D eigenvalue weighted by Gasteiger charge is -2.26. The topological polar surface area (TPSA) is 46.3 Å². The SMILES string of the molecule is CC(CN)CC(=O)N1CCCC1c1ccccc1. The summed E-state index contributed by atoms with van der Waals surface area (Å²) in [6.07, 6.45) is 2.74. The third kappa shape index (κ3) is 2.91. The van der Waals surface area contributed by atoms with Crippen molar-refractivity contribution >= 4 is 5.91 Å². The largest absolute Gasteiger partial charge is 0.336 e. The first-order valence-corrected chi connectivity index (χ1v) is 6.77. The van der Waals surface area contributed by atoms with Gasteiger partial charge in [-0.2, -0.15) is 0 Å². The van der Waals surface area contributed by atoms with Crippen molar-refractivity contribution < 1.29 is 4.79 Å². The van der Waals surface area contributed by atoms with Crippen LogP contribution in [-0.4, -0.2) is 23.9 Å². The Kier molecular flexibility index (Phi) is 4.37. The highest BCUT2D eigenvalue weighted by molar-refractivity contribution is 5.77. The summed E-state index contributed by atoms with van der Waals surface area (Å²) in [7, 11) is 0. The molecule has 0 bridgehead atoms. The highest BCUT2D eigenvalue weighted by Crippen LogP contribution is 2.32. The molecule has 0 aliphatic carbocycles. The number of hydrogen-bond acceptors (Lipinski definition) is 2. The van der Waals surface area contributed by atoms with Gasteiger partial charge in [0.2, 0.25) is 5.91 Å². The number of hydrogen-bond donors (Lipinski definition) is 1. The average molecular weight is 246 g/mol. The molecule has 0 saturated carbocycles. The number of carbonyl (C=O) groups excluding carboxylic acids is 1. The van der Waals surface area contributed by atoms with Crippen LogP contribution in [0.15, 0.2) is 30.3 Å². The van der Waals surface area contributed by atoms with E-state index in [2.05, 4.69) is 12.1 Å². The quantitative estimate of drug-likeness (QED) is 0.886. The van der Waals surface area contributed by atoms with Crippen molar-refractivity contribution in [2.75, 3.05) is 13.1 Å². The predicted octanol–water partition coefficient (Wildman–Crippen LogP) is 2.34. The monoisotopic (exact) mass is 246 g/mol. The minimum absolute atomic E-state index is 0.249. The number of likely N-dealkylation sites (tertiary alicyclic amines) is 1. The highest BCUT2D eigenvalue weighted by Gasteiger charge is 2.29. The zero-order valence-electron chi connectivity index (χ0n) is 11.0. The lowest BCUT2D eigenvalue weighted by Crippen LogP contribution is -2.32. The molecule has 0 spiro atoms. The van der Waals surface area contributed by atoms with Gasteiger partial charge in [-0.15, -0.1) is 0 Å². The van der Waals surface area contributed by atoms with Crippen LogP contribution in [0.2, 0.25) is 0 Å². The van der Waals surface area contributed by atoms with Crippen molar-refractivity contribution in [3.05, 3.63) is 35.9 Å². The molecule has 1 aliphatic heterocycles.